The molecule has 0 saturated heterocycles. The van der Waals surface area contributed by atoms with E-state index in [1.807, 2.05) is 0 Å². The standard InChI is InChI=1S/C17H30N2/c1-16(2,3)13-18(7)14-9-11-15(12-10-14)19(8)17(4,5)6/h9-12H,13H2,1-8H3. The molecule has 0 saturated carbocycles. The first-order valence-corrected chi connectivity index (χ1v) is 7.06. The number of rotatable bonds is 3. The average molecular weight is 262 g/mol. The third-order valence-electron chi connectivity index (χ3n) is 3.40. The highest BCUT2D eigenvalue weighted by atomic mass is 15.2. The molecule has 0 bridgehead atoms. The molecular weight excluding hydrogens is 232 g/mol. The summed E-state index contributed by atoms with van der Waals surface area (Å²) in [4.78, 5) is 4.63. The maximum absolute atomic E-state index is 2.32. The molecule has 0 radical (unpaired) electrons. The summed E-state index contributed by atoms with van der Waals surface area (Å²) in [5, 5.41) is 0. The lowest BCUT2D eigenvalue weighted by Crippen LogP contribution is -2.38. The van der Waals surface area contributed by atoms with Crippen LogP contribution in [0.3, 0.4) is 0 Å². The van der Waals surface area contributed by atoms with Gasteiger partial charge in [0.05, 0.1) is 0 Å². The normalized spacial score (nSPS) is 12.4. The van der Waals surface area contributed by atoms with Gasteiger partial charge >= 0.3 is 0 Å². The van der Waals surface area contributed by atoms with Crippen molar-refractivity contribution >= 4 is 11.4 Å². The van der Waals surface area contributed by atoms with E-state index in [4.69, 9.17) is 0 Å². The summed E-state index contributed by atoms with van der Waals surface area (Å²) >= 11 is 0. The Kier molecular flexibility index (Phi) is 4.54. The van der Waals surface area contributed by atoms with Crippen molar-refractivity contribution in [2.45, 2.75) is 47.1 Å². The van der Waals surface area contributed by atoms with Crippen molar-refractivity contribution in [1.29, 1.82) is 0 Å². The van der Waals surface area contributed by atoms with Gasteiger partial charge in [-0.3, -0.25) is 0 Å². The summed E-state index contributed by atoms with van der Waals surface area (Å²) in [7, 11) is 4.31. The van der Waals surface area contributed by atoms with Crippen LogP contribution in [0.5, 0.6) is 0 Å². The van der Waals surface area contributed by atoms with Crippen LogP contribution >= 0.6 is 0 Å². The van der Waals surface area contributed by atoms with Crippen LogP contribution < -0.4 is 9.80 Å². The zero-order chi connectivity index (χ0) is 14.8. The van der Waals surface area contributed by atoms with Gasteiger partial charge in [0, 0.05) is 37.6 Å². The zero-order valence-electron chi connectivity index (χ0n) is 13.9. The lowest BCUT2D eigenvalue weighted by molar-refractivity contribution is 0.419. The minimum absolute atomic E-state index is 0.152. The number of hydrogen-bond acceptors (Lipinski definition) is 2. The van der Waals surface area contributed by atoms with Crippen molar-refractivity contribution in [3.8, 4) is 0 Å². The molecule has 0 unspecified atom stereocenters. The molecule has 2 heteroatoms. The van der Waals surface area contributed by atoms with Gasteiger partial charge in [0.2, 0.25) is 0 Å². The molecule has 0 aromatic heterocycles. The lowest BCUT2D eigenvalue weighted by atomic mass is 9.96. The van der Waals surface area contributed by atoms with E-state index in [1.54, 1.807) is 0 Å². The van der Waals surface area contributed by atoms with Crippen molar-refractivity contribution < 1.29 is 0 Å². The van der Waals surface area contributed by atoms with Crippen LogP contribution in [0.15, 0.2) is 24.3 Å². The summed E-state index contributed by atoms with van der Waals surface area (Å²) in [5.41, 5.74) is 3.01. The van der Waals surface area contributed by atoms with E-state index in [0.29, 0.717) is 5.41 Å². The fourth-order valence-corrected chi connectivity index (χ4v) is 2.12. The Hall–Kier alpha value is -1.18. The molecule has 0 aliphatic carbocycles. The number of nitrogens with zero attached hydrogens (tertiary/aromatic N) is 2. The van der Waals surface area contributed by atoms with Crippen molar-refractivity contribution in [2.75, 3.05) is 30.4 Å². The van der Waals surface area contributed by atoms with Crippen LogP contribution in [0.4, 0.5) is 11.4 Å². The van der Waals surface area contributed by atoms with Crippen LogP contribution in [0, 0.1) is 5.41 Å². The first-order valence-electron chi connectivity index (χ1n) is 7.06. The fourth-order valence-electron chi connectivity index (χ4n) is 2.12. The molecular formula is C17H30N2. The molecule has 2 nitrogen and oxygen atoms in total. The third kappa shape index (κ3) is 4.77. The number of anilines is 2. The third-order valence-corrected chi connectivity index (χ3v) is 3.40. The van der Waals surface area contributed by atoms with Crippen molar-refractivity contribution in [3.05, 3.63) is 24.3 Å². The molecule has 0 aliphatic rings. The quantitative estimate of drug-likeness (QED) is 0.796. The smallest absolute Gasteiger partial charge is 0.0369 e. The van der Waals surface area contributed by atoms with Crippen molar-refractivity contribution in [2.24, 2.45) is 5.41 Å². The Morgan fingerprint density at radius 2 is 1.21 bits per heavy atom. The van der Waals surface area contributed by atoms with Crippen LogP contribution in [-0.2, 0) is 0 Å². The van der Waals surface area contributed by atoms with E-state index in [2.05, 4.69) is 89.7 Å². The summed E-state index contributed by atoms with van der Waals surface area (Å²) in [6, 6.07) is 8.84. The Labute approximate surface area is 119 Å². The lowest BCUT2D eigenvalue weighted by Gasteiger charge is -2.34. The zero-order valence-corrected chi connectivity index (χ0v) is 13.9. The SMILES string of the molecule is CN(CC(C)(C)C)c1ccc(N(C)C(C)(C)C)cc1. The van der Waals surface area contributed by atoms with Gasteiger partial charge in [-0.2, -0.15) is 0 Å². The highest BCUT2D eigenvalue weighted by Crippen LogP contribution is 2.26. The molecule has 0 aliphatic heterocycles. The van der Waals surface area contributed by atoms with Gasteiger partial charge in [-0.1, -0.05) is 20.8 Å². The first-order chi connectivity index (χ1) is 8.50. The summed E-state index contributed by atoms with van der Waals surface area (Å²) < 4.78 is 0. The van der Waals surface area contributed by atoms with Gasteiger partial charge in [0.25, 0.3) is 0 Å². The molecule has 1 aromatic rings. The predicted molar refractivity (Wildman–Crippen MR) is 87.3 cm³/mol. The maximum atomic E-state index is 2.32. The second-order valence-corrected chi connectivity index (χ2v) is 7.66. The Morgan fingerprint density at radius 3 is 1.58 bits per heavy atom. The van der Waals surface area contributed by atoms with Gasteiger partial charge in [0.1, 0.15) is 0 Å². The summed E-state index contributed by atoms with van der Waals surface area (Å²) in [6.45, 7) is 14.6. The second-order valence-electron chi connectivity index (χ2n) is 7.66. The Bertz CT molecular complexity index is 393. The fraction of sp³-hybridized carbons (Fsp3) is 0.647. The molecule has 108 valence electrons. The molecule has 0 amide bonds. The topological polar surface area (TPSA) is 6.48 Å². The molecule has 0 N–H and O–H groups in total. The average Bonchev–Trinajstić information content (AvgIpc) is 2.24. The molecule has 0 fully saturated rings. The minimum Gasteiger partial charge on any atom is -0.374 e. The molecule has 0 heterocycles. The van der Waals surface area contributed by atoms with Crippen LogP contribution in [0.2, 0.25) is 0 Å². The molecule has 19 heavy (non-hydrogen) atoms. The number of hydrogen-bond donors (Lipinski definition) is 0. The van der Waals surface area contributed by atoms with Crippen LogP contribution in [0.1, 0.15) is 41.5 Å². The largest absolute Gasteiger partial charge is 0.374 e. The monoisotopic (exact) mass is 262 g/mol. The highest BCUT2D eigenvalue weighted by molar-refractivity contribution is 5.56. The van der Waals surface area contributed by atoms with E-state index in [9.17, 15) is 0 Å². The predicted octanol–water partition coefficient (Wildman–Crippen LogP) is 4.40. The molecule has 1 rings (SSSR count). The molecule has 1 aromatic carbocycles. The first kappa shape index (κ1) is 15.9. The molecule has 0 spiro atoms. The minimum atomic E-state index is 0.152. The van der Waals surface area contributed by atoms with Gasteiger partial charge in [-0.05, 0) is 50.5 Å². The van der Waals surface area contributed by atoms with Crippen LogP contribution in [-0.4, -0.2) is 26.2 Å². The van der Waals surface area contributed by atoms with E-state index in [-0.39, 0.29) is 5.54 Å². The van der Waals surface area contributed by atoms with Crippen molar-refractivity contribution in [1.82, 2.24) is 0 Å². The van der Waals surface area contributed by atoms with Gasteiger partial charge in [-0.15, -0.1) is 0 Å². The van der Waals surface area contributed by atoms with E-state index in [1.165, 1.54) is 11.4 Å². The van der Waals surface area contributed by atoms with E-state index >= 15 is 0 Å². The summed E-state index contributed by atoms with van der Waals surface area (Å²) in [5.74, 6) is 0. The summed E-state index contributed by atoms with van der Waals surface area (Å²) in [6.07, 6.45) is 0. The van der Waals surface area contributed by atoms with Crippen LogP contribution in [0.25, 0.3) is 0 Å². The number of benzene rings is 1. The van der Waals surface area contributed by atoms with Gasteiger partial charge < -0.3 is 9.80 Å². The van der Waals surface area contributed by atoms with Gasteiger partial charge in [0.15, 0.2) is 0 Å². The second kappa shape index (κ2) is 5.44. The van der Waals surface area contributed by atoms with E-state index in [0.717, 1.165) is 6.54 Å². The Balaban J connectivity index is 2.82. The maximum Gasteiger partial charge on any atom is 0.0369 e. The highest BCUT2D eigenvalue weighted by Gasteiger charge is 2.18. The van der Waals surface area contributed by atoms with E-state index < -0.39 is 0 Å². The Morgan fingerprint density at radius 1 is 0.789 bits per heavy atom. The molecule has 0 atom stereocenters. The van der Waals surface area contributed by atoms with Crippen molar-refractivity contribution in [3.63, 3.8) is 0 Å². The van der Waals surface area contributed by atoms with Gasteiger partial charge in [-0.25, -0.2) is 0 Å².